The van der Waals surface area contributed by atoms with Crippen molar-refractivity contribution in [1.29, 1.82) is 0 Å². The van der Waals surface area contributed by atoms with Crippen molar-refractivity contribution in [3.05, 3.63) is 82.9 Å². The number of fused-ring (bicyclic) bond motifs is 1. The first kappa shape index (κ1) is 13.0. The molecule has 0 aliphatic carbocycles. The third-order valence-electron chi connectivity index (χ3n) is 3.81. The van der Waals surface area contributed by atoms with Gasteiger partial charge in [0.25, 0.3) is 5.91 Å². The molecule has 4 heteroatoms. The zero-order valence-electron chi connectivity index (χ0n) is 11.6. The maximum Gasteiger partial charge on any atom is 0.258 e. The Bertz CT molecular complexity index is 778. The molecule has 2 heterocycles. The number of amides is 1. The van der Waals surface area contributed by atoms with Crippen LogP contribution in [0.1, 0.15) is 11.1 Å². The summed E-state index contributed by atoms with van der Waals surface area (Å²) in [6.07, 6.45) is 0. The number of hydrogen-bond donors (Lipinski definition) is 2. The number of carbonyl (C=O) groups is 1. The van der Waals surface area contributed by atoms with Crippen LogP contribution >= 0.6 is 12.2 Å². The summed E-state index contributed by atoms with van der Waals surface area (Å²) in [5, 5.41) is 6.15. The molecule has 0 bridgehead atoms. The molecule has 0 saturated carbocycles. The lowest BCUT2D eigenvalue weighted by Gasteiger charge is -2.08. The second kappa shape index (κ2) is 4.93. The minimum atomic E-state index is -0.111. The summed E-state index contributed by atoms with van der Waals surface area (Å²) in [5.74, 6) is -0.111. The summed E-state index contributed by atoms with van der Waals surface area (Å²) in [6, 6.07) is 19.5. The second-order valence-electron chi connectivity index (χ2n) is 5.14. The van der Waals surface area contributed by atoms with Gasteiger partial charge in [-0.3, -0.25) is 4.79 Å². The van der Waals surface area contributed by atoms with Gasteiger partial charge in [-0.1, -0.05) is 72.9 Å². The normalized spacial score (nSPS) is 16.7. The molecule has 2 aliphatic rings. The number of rotatable bonds is 2. The highest BCUT2D eigenvalue weighted by Gasteiger charge is 2.38. The number of hydrogen-bond acceptors (Lipinski definition) is 2. The Labute approximate surface area is 133 Å². The Hall–Kier alpha value is -2.72. The largest absolute Gasteiger partial charge is 0.345 e. The van der Waals surface area contributed by atoms with Gasteiger partial charge in [-0.05, 0) is 11.1 Å². The molecule has 2 aliphatic heterocycles. The summed E-state index contributed by atoms with van der Waals surface area (Å²) >= 11 is 5.46. The summed E-state index contributed by atoms with van der Waals surface area (Å²) < 4.78 is 0. The van der Waals surface area contributed by atoms with Crippen LogP contribution in [-0.2, 0) is 4.79 Å². The molecule has 0 saturated heterocycles. The highest BCUT2D eigenvalue weighted by molar-refractivity contribution is 7.80. The molecule has 106 valence electrons. The van der Waals surface area contributed by atoms with Crippen LogP contribution < -0.4 is 10.6 Å². The van der Waals surface area contributed by atoms with E-state index < -0.39 is 0 Å². The minimum absolute atomic E-state index is 0.111. The topological polar surface area (TPSA) is 41.1 Å². The Morgan fingerprint density at radius 3 is 1.73 bits per heavy atom. The van der Waals surface area contributed by atoms with Crippen molar-refractivity contribution in [3.8, 4) is 0 Å². The molecule has 2 aromatic rings. The molecule has 0 aromatic heterocycles. The molecule has 2 N–H and O–H groups in total. The van der Waals surface area contributed by atoms with Crippen LogP contribution in [0, 0.1) is 0 Å². The van der Waals surface area contributed by atoms with Gasteiger partial charge in [-0.15, -0.1) is 0 Å². The highest BCUT2D eigenvalue weighted by Crippen LogP contribution is 2.37. The first-order valence-electron chi connectivity index (χ1n) is 6.98. The monoisotopic (exact) mass is 304 g/mol. The summed E-state index contributed by atoms with van der Waals surface area (Å²) in [4.78, 5) is 13.0. The molecule has 3 nitrogen and oxygen atoms in total. The Kier molecular flexibility index (Phi) is 2.91. The Morgan fingerprint density at radius 1 is 0.682 bits per heavy atom. The van der Waals surface area contributed by atoms with Crippen LogP contribution in [0.5, 0.6) is 0 Å². The van der Waals surface area contributed by atoms with Crippen LogP contribution in [0.2, 0.25) is 0 Å². The molecule has 0 atom stereocenters. The quantitative estimate of drug-likeness (QED) is 0.838. The van der Waals surface area contributed by atoms with E-state index in [1.54, 1.807) is 0 Å². The van der Waals surface area contributed by atoms with E-state index in [0.29, 0.717) is 10.6 Å². The van der Waals surface area contributed by atoms with Crippen molar-refractivity contribution in [2.24, 2.45) is 0 Å². The smallest absolute Gasteiger partial charge is 0.258 e. The van der Waals surface area contributed by atoms with E-state index in [9.17, 15) is 4.79 Å². The van der Waals surface area contributed by atoms with Gasteiger partial charge in [0.1, 0.15) is 4.99 Å². The molecule has 22 heavy (non-hydrogen) atoms. The van der Waals surface area contributed by atoms with Crippen molar-refractivity contribution in [3.63, 3.8) is 0 Å². The molecule has 0 spiro atoms. The fraction of sp³-hybridized carbons (Fsp3) is 0. The molecule has 0 unspecified atom stereocenters. The zero-order valence-corrected chi connectivity index (χ0v) is 12.4. The predicted octanol–water partition coefficient (Wildman–Crippen LogP) is 2.87. The lowest BCUT2D eigenvalue weighted by atomic mass is 10.0. The van der Waals surface area contributed by atoms with Gasteiger partial charge in [-0.2, -0.15) is 0 Å². The zero-order chi connectivity index (χ0) is 15.1. The van der Waals surface area contributed by atoms with Crippen LogP contribution in [0.4, 0.5) is 0 Å². The maximum absolute atomic E-state index is 12.5. The number of nitrogens with one attached hydrogen (secondary N) is 2. The molecule has 4 rings (SSSR count). The Morgan fingerprint density at radius 2 is 1.18 bits per heavy atom. The van der Waals surface area contributed by atoms with Gasteiger partial charge >= 0.3 is 0 Å². The van der Waals surface area contributed by atoms with Gasteiger partial charge in [0, 0.05) is 5.57 Å². The lowest BCUT2D eigenvalue weighted by Crippen LogP contribution is -2.20. The maximum atomic E-state index is 12.5. The fourth-order valence-corrected chi connectivity index (χ4v) is 3.13. The average Bonchev–Trinajstić information content (AvgIpc) is 3.09. The van der Waals surface area contributed by atoms with Crippen LogP contribution in [0.15, 0.2) is 71.8 Å². The molecular weight excluding hydrogens is 292 g/mol. The van der Waals surface area contributed by atoms with Gasteiger partial charge in [0.2, 0.25) is 0 Å². The predicted molar refractivity (Wildman–Crippen MR) is 90.6 cm³/mol. The lowest BCUT2D eigenvalue weighted by molar-refractivity contribution is -0.115. The minimum Gasteiger partial charge on any atom is -0.345 e. The molecule has 0 fully saturated rings. The van der Waals surface area contributed by atoms with Gasteiger partial charge in [0.15, 0.2) is 0 Å². The summed E-state index contributed by atoms with van der Waals surface area (Å²) in [5.41, 5.74) is 4.91. The van der Waals surface area contributed by atoms with Crippen LogP contribution in [-0.4, -0.2) is 10.9 Å². The first-order valence-corrected chi connectivity index (χ1v) is 7.39. The number of thiocarbonyl (C=S) groups is 1. The average molecular weight is 304 g/mol. The van der Waals surface area contributed by atoms with Crippen LogP contribution in [0.25, 0.3) is 11.4 Å². The Balaban J connectivity index is 1.93. The molecule has 2 aromatic carbocycles. The van der Waals surface area contributed by atoms with Gasteiger partial charge < -0.3 is 10.6 Å². The van der Waals surface area contributed by atoms with E-state index in [-0.39, 0.29) is 5.91 Å². The standard InChI is InChI=1S/C18H12N2OS/c21-17-13-14(16(19-17)12-9-5-2-6-10-12)18(22)20-15(13)11-7-3-1-4-8-11/h1-10H,(H,19,21)(H,20,22). The van der Waals surface area contributed by atoms with E-state index in [1.165, 1.54) is 0 Å². The third kappa shape index (κ3) is 1.89. The number of benzene rings is 2. The molecular formula is C18H12N2OS. The van der Waals surface area contributed by atoms with E-state index in [0.717, 1.165) is 28.1 Å². The fourth-order valence-electron chi connectivity index (χ4n) is 2.82. The summed E-state index contributed by atoms with van der Waals surface area (Å²) in [7, 11) is 0. The number of carbonyl (C=O) groups excluding carboxylic acids is 1. The van der Waals surface area contributed by atoms with E-state index >= 15 is 0 Å². The van der Waals surface area contributed by atoms with E-state index in [4.69, 9.17) is 12.2 Å². The van der Waals surface area contributed by atoms with Crippen LogP contribution in [0.3, 0.4) is 0 Å². The van der Waals surface area contributed by atoms with Crippen molar-refractivity contribution in [1.82, 2.24) is 10.6 Å². The van der Waals surface area contributed by atoms with Gasteiger partial charge in [0.05, 0.1) is 17.0 Å². The summed E-state index contributed by atoms with van der Waals surface area (Å²) in [6.45, 7) is 0. The molecule has 0 radical (unpaired) electrons. The van der Waals surface area contributed by atoms with Crippen molar-refractivity contribution in [2.75, 3.05) is 0 Å². The third-order valence-corrected chi connectivity index (χ3v) is 4.11. The second-order valence-corrected chi connectivity index (χ2v) is 5.55. The first-order chi connectivity index (χ1) is 10.8. The van der Waals surface area contributed by atoms with Crippen molar-refractivity contribution in [2.45, 2.75) is 0 Å². The highest BCUT2D eigenvalue weighted by atomic mass is 32.1. The van der Waals surface area contributed by atoms with Crippen molar-refractivity contribution < 1.29 is 4.79 Å². The SMILES string of the molecule is O=C1NC(c2ccccc2)=C2C(=S)NC(c3ccccc3)=C12. The van der Waals surface area contributed by atoms with Crippen molar-refractivity contribution >= 4 is 34.5 Å². The van der Waals surface area contributed by atoms with Gasteiger partial charge in [-0.25, -0.2) is 0 Å². The van der Waals surface area contributed by atoms with E-state index in [2.05, 4.69) is 10.6 Å². The van der Waals surface area contributed by atoms with E-state index in [1.807, 2.05) is 60.7 Å². The molecule has 1 amide bonds.